The average Bonchev–Trinajstić information content (AvgIpc) is 3.01. The molecule has 0 radical (unpaired) electrons. The van der Waals surface area contributed by atoms with Gasteiger partial charge >= 0.3 is 0 Å². The summed E-state index contributed by atoms with van der Waals surface area (Å²) < 4.78 is 11.7. The Labute approximate surface area is 112 Å². The Morgan fingerprint density at radius 1 is 1.67 bits per heavy atom. The van der Waals surface area contributed by atoms with Crippen LogP contribution in [-0.4, -0.2) is 49.2 Å². The van der Waals surface area contributed by atoms with Crippen molar-refractivity contribution in [2.24, 2.45) is 0 Å². The van der Waals surface area contributed by atoms with Crippen molar-refractivity contribution in [1.82, 2.24) is 13.9 Å². The first-order valence-corrected chi connectivity index (χ1v) is 7.55. The normalized spacial score (nSPS) is 28.3. The molecule has 6 nitrogen and oxygen atoms in total. The minimum absolute atomic E-state index is 0.175. The summed E-state index contributed by atoms with van der Waals surface area (Å²) in [5, 5.41) is 19.8. The predicted molar refractivity (Wildman–Crippen MR) is 68.8 cm³/mol. The molecule has 1 aliphatic rings. The second-order valence-electron chi connectivity index (χ2n) is 4.10. The summed E-state index contributed by atoms with van der Waals surface area (Å²) in [4.78, 5) is 5.34. The number of imidazole rings is 1. The summed E-state index contributed by atoms with van der Waals surface area (Å²) in [6.07, 6.45) is 2.72. The number of rotatable bonds is 3. The van der Waals surface area contributed by atoms with Gasteiger partial charge in [-0.05, 0) is 17.8 Å². The zero-order chi connectivity index (χ0) is 12.7. The van der Waals surface area contributed by atoms with Gasteiger partial charge in [0.25, 0.3) is 0 Å². The summed E-state index contributed by atoms with van der Waals surface area (Å²) in [6.45, 7) is -0.175. The van der Waals surface area contributed by atoms with E-state index in [4.69, 9.17) is 9.84 Å². The maximum absolute atomic E-state index is 9.81. The van der Waals surface area contributed by atoms with E-state index in [1.165, 1.54) is 23.3 Å². The van der Waals surface area contributed by atoms with Crippen LogP contribution in [-0.2, 0) is 4.74 Å². The van der Waals surface area contributed by atoms with Crippen LogP contribution in [0.25, 0.3) is 10.3 Å². The Bertz CT molecular complexity index is 556. The summed E-state index contributed by atoms with van der Waals surface area (Å²) in [5.41, 5.74) is 0.917. The largest absolute Gasteiger partial charge is 0.394 e. The van der Waals surface area contributed by atoms with Gasteiger partial charge in [0.2, 0.25) is 0 Å². The molecule has 8 heteroatoms. The zero-order valence-corrected chi connectivity index (χ0v) is 11.3. The molecular formula is C10H13N3O3S2. The molecule has 0 aliphatic carbocycles. The molecule has 0 spiro atoms. The number of nitrogens with zero attached hydrogens (tertiary/aromatic N) is 3. The van der Waals surface area contributed by atoms with E-state index in [1.807, 2.05) is 10.8 Å². The number of hydrogen-bond acceptors (Lipinski definition) is 7. The van der Waals surface area contributed by atoms with Gasteiger partial charge in [0.05, 0.1) is 18.9 Å². The molecule has 0 bridgehead atoms. The number of hydrogen-bond donors (Lipinski definition) is 2. The number of ether oxygens (including phenoxy) is 1. The summed E-state index contributed by atoms with van der Waals surface area (Å²) in [6, 6.07) is 0. The smallest absolute Gasteiger partial charge is 0.171 e. The van der Waals surface area contributed by atoms with E-state index in [2.05, 4.69) is 9.36 Å². The third-order valence-electron chi connectivity index (χ3n) is 3.05. The standard InChI is InChI=1S/C10H13N3O3S2/c1-17-10-12-9-5(3-11-18-9)13(10)8-2-6(15)7(4-14)16-8/h3,6-8,14-15H,2,4H2,1H3/t6-,7+,8+/m0/s1. The van der Waals surface area contributed by atoms with Gasteiger partial charge < -0.3 is 14.9 Å². The van der Waals surface area contributed by atoms with Gasteiger partial charge in [-0.1, -0.05) is 11.8 Å². The molecule has 0 saturated carbocycles. The third-order valence-corrected chi connectivity index (χ3v) is 4.39. The van der Waals surface area contributed by atoms with Gasteiger partial charge in [0.1, 0.15) is 17.8 Å². The minimum Gasteiger partial charge on any atom is -0.394 e. The van der Waals surface area contributed by atoms with Gasteiger partial charge in [-0.3, -0.25) is 4.57 Å². The number of aliphatic hydroxyl groups excluding tert-OH is 2. The van der Waals surface area contributed by atoms with Crippen molar-refractivity contribution < 1.29 is 14.9 Å². The molecule has 3 rings (SSSR count). The van der Waals surface area contributed by atoms with Crippen LogP contribution in [0.4, 0.5) is 0 Å². The Balaban J connectivity index is 2.00. The topological polar surface area (TPSA) is 80.4 Å². The van der Waals surface area contributed by atoms with Crippen LogP contribution in [0, 0.1) is 0 Å². The third kappa shape index (κ3) is 1.84. The molecule has 3 heterocycles. The minimum atomic E-state index is -0.640. The van der Waals surface area contributed by atoms with E-state index < -0.39 is 12.2 Å². The quantitative estimate of drug-likeness (QED) is 0.815. The first-order valence-electron chi connectivity index (χ1n) is 5.55. The highest BCUT2D eigenvalue weighted by atomic mass is 32.2. The molecule has 1 saturated heterocycles. The van der Waals surface area contributed by atoms with Crippen molar-refractivity contribution in [3.63, 3.8) is 0 Å². The second kappa shape index (κ2) is 4.78. The predicted octanol–water partition coefficient (Wildman–Crippen LogP) is 0.855. The summed E-state index contributed by atoms with van der Waals surface area (Å²) >= 11 is 2.87. The molecule has 1 fully saturated rings. The lowest BCUT2D eigenvalue weighted by molar-refractivity contribution is -0.0456. The Hall–Kier alpha value is -0.670. The van der Waals surface area contributed by atoms with Gasteiger partial charge in [0.15, 0.2) is 9.99 Å². The van der Waals surface area contributed by atoms with Crippen molar-refractivity contribution in [3.8, 4) is 0 Å². The van der Waals surface area contributed by atoms with Crippen molar-refractivity contribution in [1.29, 1.82) is 0 Å². The molecule has 0 aromatic carbocycles. The van der Waals surface area contributed by atoms with Crippen LogP contribution in [0.3, 0.4) is 0 Å². The highest BCUT2D eigenvalue weighted by molar-refractivity contribution is 7.98. The van der Waals surface area contributed by atoms with Gasteiger partial charge in [-0.15, -0.1) is 0 Å². The van der Waals surface area contributed by atoms with E-state index in [9.17, 15) is 5.11 Å². The molecular weight excluding hydrogens is 274 g/mol. The van der Waals surface area contributed by atoms with Crippen LogP contribution >= 0.6 is 23.3 Å². The van der Waals surface area contributed by atoms with Gasteiger partial charge in [-0.25, -0.2) is 4.98 Å². The van der Waals surface area contributed by atoms with Crippen molar-refractivity contribution in [2.45, 2.75) is 30.0 Å². The summed E-state index contributed by atoms with van der Waals surface area (Å²) in [7, 11) is 0. The van der Waals surface area contributed by atoms with E-state index in [0.717, 1.165) is 15.5 Å². The molecule has 0 unspecified atom stereocenters. The molecule has 2 N–H and O–H groups in total. The van der Waals surface area contributed by atoms with Crippen molar-refractivity contribution >= 4 is 33.6 Å². The highest BCUT2D eigenvalue weighted by Crippen LogP contribution is 2.35. The van der Waals surface area contributed by atoms with Crippen LogP contribution in [0.1, 0.15) is 12.6 Å². The molecule has 2 aromatic heterocycles. The molecule has 2 aromatic rings. The van der Waals surface area contributed by atoms with Gasteiger partial charge in [-0.2, -0.15) is 4.37 Å². The van der Waals surface area contributed by atoms with Crippen molar-refractivity contribution in [2.75, 3.05) is 12.9 Å². The number of fused-ring (bicyclic) bond motifs is 1. The lowest BCUT2D eigenvalue weighted by Gasteiger charge is -2.15. The average molecular weight is 287 g/mol. The molecule has 18 heavy (non-hydrogen) atoms. The fourth-order valence-electron chi connectivity index (χ4n) is 2.17. The van der Waals surface area contributed by atoms with E-state index in [0.29, 0.717) is 6.42 Å². The highest BCUT2D eigenvalue weighted by Gasteiger charge is 2.36. The lowest BCUT2D eigenvalue weighted by atomic mass is 10.2. The van der Waals surface area contributed by atoms with E-state index >= 15 is 0 Å². The van der Waals surface area contributed by atoms with Crippen molar-refractivity contribution in [3.05, 3.63) is 6.20 Å². The fourth-order valence-corrected chi connectivity index (χ4v) is 3.45. The van der Waals surface area contributed by atoms with Gasteiger partial charge in [0, 0.05) is 6.42 Å². The molecule has 0 amide bonds. The lowest BCUT2D eigenvalue weighted by Crippen LogP contribution is -2.24. The van der Waals surface area contributed by atoms with E-state index in [1.54, 1.807) is 6.20 Å². The second-order valence-corrected chi connectivity index (χ2v) is 5.65. The number of thioether (sulfide) groups is 1. The van der Waals surface area contributed by atoms with Crippen LogP contribution < -0.4 is 0 Å². The fraction of sp³-hybridized carbons (Fsp3) is 0.600. The maximum atomic E-state index is 9.81. The SMILES string of the molecule is CSc1nc2sncc2n1[C@H]1C[C@H](O)[C@@H](CO)O1. The van der Waals surface area contributed by atoms with Crippen LogP contribution in [0.2, 0.25) is 0 Å². The zero-order valence-electron chi connectivity index (χ0n) is 9.68. The number of aromatic nitrogens is 3. The van der Waals surface area contributed by atoms with Crippen LogP contribution in [0.5, 0.6) is 0 Å². The van der Waals surface area contributed by atoms with E-state index in [-0.39, 0.29) is 12.8 Å². The molecule has 1 aliphatic heterocycles. The Morgan fingerprint density at radius 2 is 2.50 bits per heavy atom. The molecule has 3 atom stereocenters. The Morgan fingerprint density at radius 3 is 3.17 bits per heavy atom. The summed E-state index contributed by atoms with van der Waals surface area (Å²) in [5.74, 6) is 0. The van der Waals surface area contributed by atoms with Crippen LogP contribution in [0.15, 0.2) is 11.4 Å². The maximum Gasteiger partial charge on any atom is 0.171 e. The number of aliphatic hydroxyl groups is 2. The first-order chi connectivity index (χ1) is 8.74. The molecule has 98 valence electrons. The Kier molecular flexibility index (Phi) is 3.29. The monoisotopic (exact) mass is 287 g/mol. The first kappa shape index (κ1) is 12.4.